The normalized spacial score (nSPS) is 12.9. The fourth-order valence-corrected chi connectivity index (χ4v) is 2.63. The lowest BCUT2D eigenvalue weighted by Crippen LogP contribution is -2.36. The van der Waals surface area contributed by atoms with E-state index in [1.54, 1.807) is 24.3 Å². The van der Waals surface area contributed by atoms with E-state index < -0.39 is 18.0 Å². The van der Waals surface area contributed by atoms with Crippen molar-refractivity contribution < 1.29 is 28.5 Å². The lowest BCUT2D eigenvalue weighted by molar-refractivity contribution is -0.156. The van der Waals surface area contributed by atoms with Gasteiger partial charge in [0.2, 0.25) is 6.79 Å². The van der Waals surface area contributed by atoms with E-state index in [2.05, 4.69) is 12.2 Å². The Balaban J connectivity index is 1.41. The number of carbonyl (C=O) groups excluding carboxylic acids is 2. The third-order valence-electron chi connectivity index (χ3n) is 4.27. The standard InChI is InChI=1S/C21H23NO6/c1-3-15-4-7-17(8-5-15)25-12-20(23)28-14(2)21(24)22-11-16-6-9-18-19(10-16)27-13-26-18/h4-10,14H,3,11-13H2,1-2H3,(H,22,24)/t14-/m1/s1. The summed E-state index contributed by atoms with van der Waals surface area (Å²) in [6.07, 6.45) is 0.00821. The molecule has 1 amide bonds. The molecule has 1 atom stereocenters. The third kappa shape index (κ3) is 5.16. The first-order valence-electron chi connectivity index (χ1n) is 9.12. The Labute approximate surface area is 163 Å². The average Bonchev–Trinajstić information content (AvgIpc) is 3.18. The highest BCUT2D eigenvalue weighted by atomic mass is 16.7. The summed E-state index contributed by atoms with van der Waals surface area (Å²) in [7, 11) is 0. The first-order valence-corrected chi connectivity index (χ1v) is 9.12. The molecule has 1 aliphatic rings. The topological polar surface area (TPSA) is 83.1 Å². The first-order chi connectivity index (χ1) is 13.5. The molecule has 0 radical (unpaired) electrons. The molecule has 3 rings (SSSR count). The van der Waals surface area contributed by atoms with Crippen LogP contribution in [0.1, 0.15) is 25.0 Å². The SMILES string of the molecule is CCc1ccc(OCC(=O)O[C@H](C)C(=O)NCc2ccc3c(c2)OCO3)cc1. The number of hydrogen-bond acceptors (Lipinski definition) is 6. The first kappa shape index (κ1) is 19.5. The van der Waals surface area contributed by atoms with Gasteiger partial charge in [0.25, 0.3) is 5.91 Å². The van der Waals surface area contributed by atoms with E-state index in [1.165, 1.54) is 12.5 Å². The summed E-state index contributed by atoms with van der Waals surface area (Å²) in [5, 5.41) is 2.73. The molecule has 7 heteroatoms. The van der Waals surface area contributed by atoms with E-state index in [4.69, 9.17) is 18.9 Å². The molecule has 2 aromatic carbocycles. The zero-order valence-electron chi connectivity index (χ0n) is 15.9. The van der Waals surface area contributed by atoms with Gasteiger partial charge in [0, 0.05) is 6.54 Å². The Morgan fingerprint density at radius 1 is 1.07 bits per heavy atom. The van der Waals surface area contributed by atoms with Crippen LogP contribution in [0.25, 0.3) is 0 Å². The maximum atomic E-state index is 12.1. The number of hydrogen-bond donors (Lipinski definition) is 1. The van der Waals surface area contributed by atoms with Crippen LogP contribution in [0.5, 0.6) is 17.2 Å². The van der Waals surface area contributed by atoms with E-state index in [9.17, 15) is 9.59 Å². The van der Waals surface area contributed by atoms with Crippen LogP contribution in [0.4, 0.5) is 0 Å². The van der Waals surface area contributed by atoms with Crippen LogP contribution in [-0.4, -0.2) is 31.4 Å². The molecule has 0 fully saturated rings. The van der Waals surface area contributed by atoms with E-state index >= 15 is 0 Å². The maximum Gasteiger partial charge on any atom is 0.344 e. The Hall–Kier alpha value is -3.22. The predicted octanol–water partition coefficient (Wildman–Crippen LogP) is 2.60. The van der Waals surface area contributed by atoms with Crippen LogP contribution in [-0.2, 0) is 27.3 Å². The molecule has 1 heterocycles. The Morgan fingerprint density at radius 3 is 2.54 bits per heavy atom. The molecule has 0 unspecified atom stereocenters. The second-order valence-corrected chi connectivity index (χ2v) is 6.32. The second-order valence-electron chi connectivity index (χ2n) is 6.32. The number of carbonyl (C=O) groups is 2. The maximum absolute atomic E-state index is 12.1. The average molecular weight is 385 g/mol. The van der Waals surface area contributed by atoms with Crippen LogP contribution in [0.3, 0.4) is 0 Å². The zero-order chi connectivity index (χ0) is 19.9. The number of benzene rings is 2. The van der Waals surface area contributed by atoms with Crippen molar-refractivity contribution in [2.45, 2.75) is 32.9 Å². The highest BCUT2D eigenvalue weighted by Crippen LogP contribution is 2.32. The van der Waals surface area contributed by atoms with Gasteiger partial charge in [-0.25, -0.2) is 4.79 Å². The lowest BCUT2D eigenvalue weighted by Gasteiger charge is -2.14. The van der Waals surface area contributed by atoms with Gasteiger partial charge in [-0.3, -0.25) is 4.79 Å². The van der Waals surface area contributed by atoms with Gasteiger partial charge < -0.3 is 24.3 Å². The number of aryl methyl sites for hydroxylation is 1. The van der Waals surface area contributed by atoms with Crippen LogP contribution < -0.4 is 19.5 Å². The molecule has 1 N–H and O–H groups in total. The number of amides is 1. The molecular weight excluding hydrogens is 362 g/mol. The summed E-state index contributed by atoms with van der Waals surface area (Å²) < 4.78 is 21.1. The van der Waals surface area contributed by atoms with Gasteiger partial charge in [0.1, 0.15) is 5.75 Å². The van der Waals surface area contributed by atoms with Crippen molar-refractivity contribution in [1.29, 1.82) is 0 Å². The van der Waals surface area contributed by atoms with Crippen LogP contribution >= 0.6 is 0 Å². The summed E-state index contributed by atoms with van der Waals surface area (Å²) in [6, 6.07) is 12.9. The third-order valence-corrected chi connectivity index (χ3v) is 4.27. The molecule has 0 aromatic heterocycles. The van der Waals surface area contributed by atoms with Gasteiger partial charge in [-0.2, -0.15) is 0 Å². The van der Waals surface area contributed by atoms with Crippen molar-refractivity contribution >= 4 is 11.9 Å². The number of esters is 1. The Bertz CT molecular complexity index is 833. The zero-order valence-corrected chi connectivity index (χ0v) is 15.9. The van der Waals surface area contributed by atoms with E-state index in [1.807, 2.05) is 18.2 Å². The summed E-state index contributed by atoms with van der Waals surface area (Å²) in [4.78, 5) is 24.0. The molecular formula is C21H23NO6. The lowest BCUT2D eigenvalue weighted by atomic mass is 10.2. The Morgan fingerprint density at radius 2 is 1.79 bits per heavy atom. The number of nitrogens with one attached hydrogen (secondary N) is 1. The fourth-order valence-electron chi connectivity index (χ4n) is 2.63. The van der Waals surface area contributed by atoms with Crippen molar-refractivity contribution in [3.05, 3.63) is 53.6 Å². The molecule has 28 heavy (non-hydrogen) atoms. The summed E-state index contributed by atoms with van der Waals surface area (Å²) in [6.45, 7) is 3.81. The van der Waals surface area contributed by atoms with Crippen LogP contribution in [0.2, 0.25) is 0 Å². The molecule has 0 bridgehead atoms. The second kappa shape index (κ2) is 9.12. The number of ether oxygens (including phenoxy) is 4. The van der Waals surface area contributed by atoms with E-state index in [0.717, 1.165) is 12.0 Å². The summed E-state index contributed by atoms with van der Waals surface area (Å²) in [5.41, 5.74) is 2.04. The van der Waals surface area contributed by atoms with Crippen molar-refractivity contribution in [3.63, 3.8) is 0 Å². The van der Waals surface area contributed by atoms with Gasteiger partial charge in [-0.15, -0.1) is 0 Å². The number of rotatable bonds is 8. The van der Waals surface area contributed by atoms with Crippen molar-refractivity contribution in [3.8, 4) is 17.2 Å². The fraction of sp³-hybridized carbons (Fsp3) is 0.333. The highest BCUT2D eigenvalue weighted by Gasteiger charge is 2.19. The van der Waals surface area contributed by atoms with Crippen LogP contribution in [0, 0.1) is 0 Å². The smallest absolute Gasteiger partial charge is 0.344 e. The van der Waals surface area contributed by atoms with Gasteiger partial charge in [-0.1, -0.05) is 25.1 Å². The minimum atomic E-state index is -0.924. The van der Waals surface area contributed by atoms with Gasteiger partial charge in [0.05, 0.1) is 0 Å². The van der Waals surface area contributed by atoms with Crippen LogP contribution in [0.15, 0.2) is 42.5 Å². The number of fused-ring (bicyclic) bond motifs is 1. The van der Waals surface area contributed by atoms with Crippen molar-refractivity contribution in [2.75, 3.05) is 13.4 Å². The van der Waals surface area contributed by atoms with E-state index in [-0.39, 0.29) is 19.9 Å². The van der Waals surface area contributed by atoms with Gasteiger partial charge in [0.15, 0.2) is 24.2 Å². The van der Waals surface area contributed by atoms with Gasteiger partial charge in [-0.05, 0) is 48.7 Å². The quantitative estimate of drug-likeness (QED) is 0.704. The molecule has 0 saturated carbocycles. The van der Waals surface area contributed by atoms with Crippen molar-refractivity contribution in [2.24, 2.45) is 0 Å². The molecule has 2 aromatic rings. The molecule has 0 saturated heterocycles. The Kier molecular flexibility index (Phi) is 6.37. The predicted molar refractivity (Wildman–Crippen MR) is 101 cm³/mol. The highest BCUT2D eigenvalue weighted by molar-refractivity contribution is 5.83. The summed E-state index contributed by atoms with van der Waals surface area (Å²) >= 11 is 0. The molecule has 0 aliphatic carbocycles. The largest absolute Gasteiger partial charge is 0.482 e. The monoisotopic (exact) mass is 385 g/mol. The molecule has 0 spiro atoms. The van der Waals surface area contributed by atoms with Crippen molar-refractivity contribution in [1.82, 2.24) is 5.32 Å². The minimum absolute atomic E-state index is 0.197. The van der Waals surface area contributed by atoms with E-state index in [0.29, 0.717) is 17.2 Å². The summed E-state index contributed by atoms with van der Waals surface area (Å²) in [5.74, 6) is 0.912. The molecule has 7 nitrogen and oxygen atoms in total. The molecule has 148 valence electrons. The molecule has 1 aliphatic heterocycles. The minimum Gasteiger partial charge on any atom is -0.482 e. The van der Waals surface area contributed by atoms with Gasteiger partial charge >= 0.3 is 5.97 Å².